The Labute approximate surface area is 144 Å². The van der Waals surface area contributed by atoms with Crippen LogP contribution in [0.1, 0.15) is 6.42 Å². The highest BCUT2D eigenvalue weighted by atomic mass is 16.7. The van der Waals surface area contributed by atoms with Crippen molar-refractivity contribution in [3.63, 3.8) is 0 Å². The van der Waals surface area contributed by atoms with E-state index in [0.29, 0.717) is 36.0 Å². The average Bonchev–Trinajstić information content (AvgIpc) is 3.09. The SMILES string of the molecule is COc1ccc(OCCCOc2ccc3c(c2)OCO3)c([N+](=O)[O-])c1. The van der Waals surface area contributed by atoms with Crippen LogP contribution in [0, 0.1) is 10.1 Å². The molecule has 0 aliphatic carbocycles. The van der Waals surface area contributed by atoms with Crippen LogP contribution >= 0.6 is 0 Å². The van der Waals surface area contributed by atoms with E-state index >= 15 is 0 Å². The van der Waals surface area contributed by atoms with Crippen molar-refractivity contribution in [3.05, 3.63) is 46.5 Å². The van der Waals surface area contributed by atoms with Gasteiger partial charge in [0.15, 0.2) is 17.2 Å². The van der Waals surface area contributed by atoms with E-state index < -0.39 is 4.92 Å². The fourth-order valence-corrected chi connectivity index (χ4v) is 2.29. The zero-order valence-electron chi connectivity index (χ0n) is 13.6. The summed E-state index contributed by atoms with van der Waals surface area (Å²) in [5.41, 5.74) is -0.129. The van der Waals surface area contributed by atoms with Gasteiger partial charge in [-0.25, -0.2) is 0 Å². The summed E-state index contributed by atoms with van der Waals surface area (Å²) in [7, 11) is 1.45. The maximum absolute atomic E-state index is 11.1. The van der Waals surface area contributed by atoms with Crippen LogP contribution in [0.25, 0.3) is 0 Å². The molecule has 0 spiro atoms. The number of nitro groups is 1. The smallest absolute Gasteiger partial charge is 0.314 e. The molecule has 132 valence electrons. The number of nitro benzene ring substituents is 1. The molecule has 2 aromatic rings. The molecule has 0 atom stereocenters. The highest BCUT2D eigenvalue weighted by Crippen LogP contribution is 2.35. The quantitative estimate of drug-likeness (QED) is 0.411. The monoisotopic (exact) mass is 347 g/mol. The van der Waals surface area contributed by atoms with Crippen LogP contribution in [-0.2, 0) is 0 Å². The third kappa shape index (κ3) is 4.03. The summed E-state index contributed by atoms with van der Waals surface area (Å²) in [6.07, 6.45) is 0.567. The first-order valence-corrected chi connectivity index (χ1v) is 7.65. The molecule has 2 aromatic carbocycles. The van der Waals surface area contributed by atoms with Gasteiger partial charge in [-0.1, -0.05) is 0 Å². The van der Waals surface area contributed by atoms with E-state index in [1.807, 2.05) is 0 Å². The summed E-state index contributed by atoms with van der Waals surface area (Å²) in [6.45, 7) is 0.911. The Morgan fingerprint density at radius 1 is 1.04 bits per heavy atom. The zero-order valence-corrected chi connectivity index (χ0v) is 13.6. The predicted molar refractivity (Wildman–Crippen MR) is 87.8 cm³/mol. The lowest BCUT2D eigenvalue weighted by Crippen LogP contribution is -2.06. The number of hydrogen-bond donors (Lipinski definition) is 0. The minimum Gasteiger partial charge on any atom is -0.496 e. The minimum absolute atomic E-state index is 0.129. The third-order valence-electron chi connectivity index (χ3n) is 3.52. The maximum Gasteiger partial charge on any atom is 0.314 e. The highest BCUT2D eigenvalue weighted by molar-refractivity contribution is 5.51. The van der Waals surface area contributed by atoms with Crippen molar-refractivity contribution in [2.24, 2.45) is 0 Å². The molecule has 0 saturated carbocycles. The molecule has 0 bridgehead atoms. The van der Waals surface area contributed by atoms with Gasteiger partial charge in [0, 0.05) is 12.5 Å². The van der Waals surface area contributed by atoms with Crippen molar-refractivity contribution in [2.75, 3.05) is 27.1 Å². The van der Waals surface area contributed by atoms with E-state index in [1.165, 1.54) is 19.2 Å². The van der Waals surface area contributed by atoms with Crippen LogP contribution < -0.4 is 23.7 Å². The van der Waals surface area contributed by atoms with E-state index in [-0.39, 0.29) is 24.8 Å². The summed E-state index contributed by atoms with van der Waals surface area (Å²) < 4.78 is 26.6. The van der Waals surface area contributed by atoms with Crippen LogP contribution in [-0.4, -0.2) is 32.0 Å². The second-order valence-corrected chi connectivity index (χ2v) is 5.16. The fraction of sp³-hybridized carbons (Fsp3) is 0.294. The molecule has 0 aromatic heterocycles. The average molecular weight is 347 g/mol. The standard InChI is InChI=1S/C17H17NO7/c1-21-12-3-5-15(14(9-12)18(19)20)23-8-2-7-22-13-4-6-16-17(10-13)25-11-24-16/h3-6,9-10H,2,7-8,11H2,1H3. The Kier molecular flexibility index (Phi) is 5.08. The van der Waals surface area contributed by atoms with Crippen molar-refractivity contribution in [1.82, 2.24) is 0 Å². The molecule has 8 nitrogen and oxygen atoms in total. The van der Waals surface area contributed by atoms with Gasteiger partial charge in [-0.05, 0) is 24.3 Å². The molecule has 8 heteroatoms. The first-order chi connectivity index (χ1) is 12.2. The number of methoxy groups -OCH3 is 1. The second-order valence-electron chi connectivity index (χ2n) is 5.16. The molecule has 1 aliphatic rings. The van der Waals surface area contributed by atoms with E-state index in [2.05, 4.69) is 0 Å². The van der Waals surface area contributed by atoms with Crippen molar-refractivity contribution in [2.45, 2.75) is 6.42 Å². The van der Waals surface area contributed by atoms with Crippen LogP contribution in [0.2, 0.25) is 0 Å². The largest absolute Gasteiger partial charge is 0.496 e. The molecule has 1 aliphatic heterocycles. The Bertz CT molecular complexity index is 763. The predicted octanol–water partition coefficient (Wildman–Crippen LogP) is 3.18. The summed E-state index contributed by atoms with van der Waals surface area (Å²) >= 11 is 0. The van der Waals surface area contributed by atoms with Crippen LogP contribution in [0.3, 0.4) is 0 Å². The van der Waals surface area contributed by atoms with Crippen molar-refractivity contribution in [1.29, 1.82) is 0 Å². The summed E-state index contributed by atoms with van der Waals surface area (Å²) in [5, 5.41) is 11.1. The van der Waals surface area contributed by atoms with Gasteiger partial charge in [0.2, 0.25) is 6.79 Å². The van der Waals surface area contributed by atoms with E-state index in [0.717, 1.165) is 0 Å². The van der Waals surface area contributed by atoms with Crippen LogP contribution in [0.5, 0.6) is 28.7 Å². The number of fused-ring (bicyclic) bond motifs is 1. The molecular weight excluding hydrogens is 330 g/mol. The van der Waals surface area contributed by atoms with Gasteiger partial charge in [-0.15, -0.1) is 0 Å². The number of nitrogens with zero attached hydrogens (tertiary/aromatic N) is 1. The van der Waals surface area contributed by atoms with Gasteiger partial charge in [-0.2, -0.15) is 0 Å². The Balaban J connectivity index is 1.48. The summed E-state index contributed by atoms with van der Waals surface area (Å²) in [6, 6.07) is 9.81. The minimum atomic E-state index is -0.499. The van der Waals surface area contributed by atoms with Crippen LogP contribution in [0.4, 0.5) is 5.69 Å². The molecule has 3 rings (SSSR count). The van der Waals surface area contributed by atoms with Gasteiger partial charge < -0.3 is 23.7 Å². The Morgan fingerprint density at radius 3 is 2.60 bits per heavy atom. The normalized spacial score (nSPS) is 11.9. The molecule has 0 N–H and O–H groups in total. The highest BCUT2D eigenvalue weighted by Gasteiger charge is 2.16. The van der Waals surface area contributed by atoms with E-state index in [1.54, 1.807) is 24.3 Å². The molecule has 0 radical (unpaired) electrons. The second kappa shape index (κ2) is 7.61. The lowest BCUT2D eigenvalue weighted by Gasteiger charge is -2.09. The summed E-state index contributed by atoms with van der Waals surface area (Å²) in [4.78, 5) is 10.6. The maximum atomic E-state index is 11.1. The molecule has 0 unspecified atom stereocenters. The van der Waals surface area contributed by atoms with Crippen molar-refractivity contribution < 1.29 is 28.6 Å². The first-order valence-electron chi connectivity index (χ1n) is 7.65. The van der Waals surface area contributed by atoms with Gasteiger partial charge in [0.25, 0.3) is 0 Å². The molecular formula is C17H17NO7. The topological polar surface area (TPSA) is 89.3 Å². The Hall–Kier alpha value is -3.16. The first kappa shape index (κ1) is 16.7. The molecule has 0 fully saturated rings. The third-order valence-corrected chi connectivity index (χ3v) is 3.52. The van der Waals surface area contributed by atoms with E-state index in [4.69, 9.17) is 23.7 Å². The van der Waals surface area contributed by atoms with Gasteiger partial charge >= 0.3 is 5.69 Å². The van der Waals surface area contributed by atoms with Gasteiger partial charge in [0.05, 0.1) is 31.3 Å². The number of benzene rings is 2. The van der Waals surface area contributed by atoms with Crippen molar-refractivity contribution in [3.8, 4) is 28.7 Å². The van der Waals surface area contributed by atoms with Gasteiger partial charge in [0.1, 0.15) is 11.5 Å². The Morgan fingerprint density at radius 2 is 1.80 bits per heavy atom. The zero-order chi connectivity index (χ0) is 17.6. The molecule has 0 saturated heterocycles. The fourth-order valence-electron chi connectivity index (χ4n) is 2.29. The van der Waals surface area contributed by atoms with Crippen LogP contribution in [0.15, 0.2) is 36.4 Å². The van der Waals surface area contributed by atoms with E-state index in [9.17, 15) is 10.1 Å². The van der Waals surface area contributed by atoms with Crippen molar-refractivity contribution >= 4 is 5.69 Å². The molecule has 1 heterocycles. The van der Waals surface area contributed by atoms with Gasteiger partial charge in [-0.3, -0.25) is 10.1 Å². The number of ether oxygens (including phenoxy) is 5. The number of hydrogen-bond acceptors (Lipinski definition) is 7. The molecule has 0 amide bonds. The number of rotatable bonds is 8. The lowest BCUT2D eigenvalue weighted by atomic mass is 10.3. The molecule has 25 heavy (non-hydrogen) atoms. The lowest BCUT2D eigenvalue weighted by molar-refractivity contribution is -0.385. The summed E-state index contributed by atoms with van der Waals surface area (Å²) in [5.74, 6) is 2.63.